The van der Waals surface area contributed by atoms with Crippen LogP contribution in [0.25, 0.3) is 0 Å². The van der Waals surface area contributed by atoms with Crippen LogP contribution in [0.5, 0.6) is 0 Å². The second-order valence-electron chi connectivity index (χ2n) is 3.73. The number of carbonyl (C=O) groups excluding carboxylic acids is 1. The number of nitrogens with zero attached hydrogens (tertiary/aromatic N) is 2. The van der Waals surface area contributed by atoms with E-state index >= 15 is 0 Å². The summed E-state index contributed by atoms with van der Waals surface area (Å²) in [6.07, 6.45) is 1.28. The fraction of sp³-hybridized carbons (Fsp3) is 0.0909. The van der Waals surface area contributed by atoms with Crippen LogP contribution < -0.4 is 10.6 Å². The van der Waals surface area contributed by atoms with E-state index in [-0.39, 0.29) is 17.8 Å². The molecular weight excluding hydrogens is 269 g/mol. The number of nitrogens with one attached hydrogen (secondary N) is 3. The zero-order chi connectivity index (χ0) is 14.5. The predicted molar refractivity (Wildman–Crippen MR) is 65.6 cm³/mol. The monoisotopic (exact) mass is 279 g/mol. The minimum absolute atomic E-state index is 0.0730. The molecule has 0 radical (unpaired) electrons. The summed E-state index contributed by atoms with van der Waals surface area (Å²) in [7, 11) is 0. The fourth-order valence-corrected chi connectivity index (χ4v) is 1.45. The highest BCUT2D eigenvalue weighted by molar-refractivity contribution is 5.99. The van der Waals surface area contributed by atoms with Crippen LogP contribution in [0.1, 0.15) is 16.2 Å². The average Bonchev–Trinajstić information content (AvgIpc) is 2.89. The molecule has 0 aliphatic heterocycles. The maximum Gasteiger partial charge on any atom is 0.337 e. The summed E-state index contributed by atoms with van der Waals surface area (Å²) >= 11 is 0. The topological polar surface area (TPSA) is 120 Å². The normalized spacial score (nSPS) is 10.1. The van der Waals surface area contributed by atoms with E-state index in [1.165, 1.54) is 6.33 Å². The Labute approximate surface area is 112 Å². The molecular formula is C11H10FN5O3. The number of hydrogen-bond donors (Lipinski definition) is 4. The van der Waals surface area contributed by atoms with E-state index in [0.29, 0.717) is 5.82 Å². The quantitative estimate of drug-likeness (QED) is 0.664. The van der Waals surface area contributed by atoms with Crippen LogP contribution >= 0.6 is 0 Å². The summed E-state index contributed by atoms with van der Waals surface area (Å²) < 4.78 is 13.1. The van der Waals surface area contributed by atoms with Crippen molar-refractivity contribution in [2.75, 3.05) is 5.32 Å². The Morgan fingerprint density at radius 3 is 2.85 bits per heavy atom. The number of anilines is 1. The summed E-state index contributed by atoms with van der Waals surface area (Å²) in [4.78, 5) is 26.3. The predicted octanol–water partition coefficient (Wildman–Crippen LogP) is 0.964. The van der Waals surface area contributed by atoms with Crippen molar-refractivity contribution >= 4 is 17.7 Å². The Morgan fingerprint density at radius 1 is 1.40 bits per heavy atom. The largest absolute Gasteiger partial charge is 0.478 e. The molecule has 2 aromatic rings. The van der Waals surface area contributed by atoms with Gasteiger partial charge in [0.25, 0.3) is 0 Å². The molecule has 0 bridgehead atoms. The molecule has 0 fully saturated rings. The highest BCUT2D eigenvalue weighted by Crippen LogP contribution is 2.17. The summed E-state index contributed by atoms with van der Waals surface area (Å²) in [5, 5.41) is 19.7. The zero-order valence-corrected chi connectivity index (χ0v) is 10.1. The van der Waals surface area contributed by atoms with Gasteiger partial charge in [-0.05, 0) is 18.2 Å². The van der Waals surface area contributed by atoms with Gasteiger partial charge in [0.05, 0.1) is 17.8 Å². The fourth-order valence-electron chi connectivity index (χ4n) is 1.45. The third kappa shape index (κ3) is 3.28. The highest BCUT2D eigenvalue weighted by atomic mass is 19.1. The second-order valence-corrected chi connectivity index (χ2v) is 3.73. The molecule has 0 unspecified atom stereocenters. The van der Waals surface area contributed by atoms with Crippen LogP contribution in [0.3, 0.4) is 0 Å². The number of hydrogen-bond acceptors (Lipinski definition) is 4. The van der Waals surface area contributed by atoms with Crippen molar-refractivity contribution in [3.8, 4) is 0 Å². The number of rotatable bonds is 4. The van der Waals surface area contributed by atoms with Crippen LogP contribution in [0.4, 0.5) is 14.9 Å². The molecule has 104 valence electrons. The van der Waals surface area contributed by atoms with E-state index in [9.17, 15) is 14.0 Å². The van der Waals surface area contributed by atoms with Crippen molar-refractivity contribution in [3.63, 3.8) is 0 Å². The van der Waals surface area contributed by atoms with Crippen molar-refractivity contribution in [1.29, 1.82) is 0 Å². The van der Waals surface area contributed by atoms with Crippen molar-refractivity contribution in [3.05, 3.63) is 41.7 Å². The van der Waals surface area contributed by atoms with Gasteiger partial charge in [-0.15, -0.1) is 0 Å². The first kappa shape index (κ1) is 13.5. The lowest BCUT2D eigenvalue weighted by molar-refractivity contribution is 0.0698. The standard InChI is InChI=1S/C11H10FN5O3/c12-6-1-2-7(10(18)19)8(3-6)16-11(20)13-4-9-14-5-15-17-9/h1-3,5H,4H2,(H,18,19)(H2,13,16,20)(H,14,15,17). The number of aromatic carboxylic acids is 1. The van der Waals surface area contributed by atoms with Crippen LogP contribution in [-0.2, 0) is 6.54 Å². The molecule has 20 heavy (non-hydrogen) atoms. The van der Waals surface area contributed by atoms with Crippen LogP contribution in [-0.4, -0.2) is 32.3 Å². The molecule has 0 saturated heterocycles. The Morgan fingerprint density at radius 2 is 2.20 bits per heavy atom. The minimum Gasteiger partial charge on any atom is -0.478 e. The summed E-state index contributed by atoms with van der Waals surface area (Å²) in [6.45, 7) is 0.0730. The van der Waals surface area contributed by atoms with Gasteiger partial charge in [-0.1, -0.05) is 0 Å². The molecule has 0 atom stereocenters. The third-order valence-electron chi connectivity index (χ3n) is 2.34. The molecule has 0 spiro atoms. The Hall–Kier alpha value is -2.97. The van der Waals surface area contributed by atoms with E-state index < -0.39 is 17.8 Å². The second kappa shape index (κ2) is 5.78. The van der Waals surface area contributed by atoms with Crippen LogP contribution in [0.2, 0.25) is 0 Å². The van der Waals surface area contributed by atoms with Crippen LogP contribution in [0.15, 0.2) is 24.5 Å². The SMILES string of the molecule is O=C(NCc1ncn[nH]1)Nc1cc(F)ccc1C(=O)O. The molecule has 9 heteroatoms. The lowest BCUT2D eigenvalue weighted by Gasteiger charge is -2.09. The summed E-state index contributed by atoms with van der Waals surface area (Å²) in [5.41, 5.74) is -0.339. The van der Waals surface area contributed by atoms with Gasteiger partial charge in [0, 0.05) is 0 Å². The lowest BCUT2D eigenvalue weighted by atomic mass is 10.2. The maximum absolute atomic E-state index is 13.1. The van der Waals surface area contributed by atoms with E-state index in [4.69, 9.17) is 5.11 Å². The first-order valence-corrected chi connectivity index (χ1v) is 5.48. The first-order chi connectivity index (χ1) is 9.56. The molecule has 0 aliphatic rings. The zero-order valence-electron chi connectivity index (χ0n) is 10.1. The Bertz CT molecular complexity index is 629. The number of carboxylic acid groups (broad SMARTS) is 1. The number of carboxylic acids is 1. The lowest BCUT2D eigenvalue weighted by Crippen LogP contribution is -2.29. The number of urea groups is 1. The molecule has 2 rings (SSSR count). The van der Waals surface area contributed by atoms with Gasteiger partial charge in [-0.3, -0.25) is 5.10 Å². The number of halogens is 1. The van der Waals surface area contributed by atoms with E-state index in [1.54, 1.807) is 0 Å². The molecule has 8 nitrogen and oxygen atoms in total. The van der Waals surface area contributed by atoms with E-state index in [2.05, 4.69) is 25.8 Å². The van der Waals surface area contributed by atoms with Crippen LogP contribution in [0, 0.1) is 5.82 Å². The van der Waals surface area contributed by atoms with Gasteiger partial charge in [-0.2, -0.15) is 5.10 Å². The van der Waals surface area contributed by atoms with Crippen molar-refractivity contribution in [1.82, 2.24) is 20.5 Å². The number of benzene rings is 1. The molecule has 1 aromatic heterocycles. The van der Waals surface area contributed by atoms with Crippen molar-refractivity contribution < 1.29 is 19.1 Å². The smallest absolute Gasteiger partial charge is 0.337 e. The number of carbonyl (C=O) groups is 2. The number of amides is 2. The molecule has 1 heterocycles. The van der Waals surface area contributed by atoms with Crippen molar-refractivity contribution in [2.24, 2.45) is 0 Å². The van der Waals surface area contributed by atoms with Crippen molar-refractivity contribution in [2.45, 2.75) is 6.54 Å². The molecule has 0 saturated carbocycles. The molecule has 4 N–H and O–H groups in total. The van der Waals surface area contributed by atoms with Gasteiger partial charge in [-0.25, -0.2) is 19.0 Å². The number of aromatic nitrogens is 3. The molecule has 1 aromatic carbocycles. The first-order valence-electron chi connectivity index (χ1n) is 5.48. The Balaban J connectivity index is 2.03. The van der Waals surface area contributed by atoms with Gasteiger partial charge in [0.1, 0.15) is 18.0 Å². The highest BCUT2D eigenvalue weighted by Gasteiger charge is 2.13. The molecule has 2 amide bonds. The van der Waals surface area contributed by atoms with Gasteiger partial charge < -0.3 is 15.7 Å². The maximum atomic E-state index is 13.1. The van der Waals surface area contributed by atoms with Gasteiger partial charge >= 0.3 is 12.0 Å². The van der Waals surface area contributed by atoms with Gasteiger partial charge in [0.15, 0.2) is 0 Å². The minimum atomic E-state index is -1.27. The average molecular weight is 279 g/mol. The molecule has 0 aliphatic carbocycles. The van der Waals surface area contributed by atoms with Gasteiger partial charge in [0.2, 0.25) is 0 Å². The number of H-pyrrole nitrogens is 1. The third-order valence-corrected chi connectivity index (χ3v) is 2.34. The summed E-state index contributed by atoms with van der Waals surface area (Å²) in [6, 6.07) is 2.32. The Kier molecular flexibility index (Phi) is 3.89. The number of aromatic amines is 1. The van der Waals surface area contributed by atoms with E-state index in [1.807, 2.05) is 0 Å². The van der Waals surface area contributed by atoms with E-state index in [0.717, 1.165) is 18.2 Å². The summed E-state index contributed by atoms with van der Waals surface area (Å²) in [5.74, 6) is -1.49.